The highest BCUT2D eigenvalue weighted by molar-refractivity contribution is 4.90. The van der Waals surface area contributed by atoms with Gasteiger partial charge >= 0.3 is 0 Å². The summed E-state index contributed by atoms with van der Waals surface area (Å²) < 4.78 is 1.97. The molecule has 0 spiro atoms. The smallest absolute Gasteiger partial charge is 0.165 e. The van der Waals surface area contributed by atoms with E-state index < -0.39 is 0 Å². The van der Waals surface area contributed by atoms with Crippen molar-refractivity contribution in [2.24, 2.45) is 11.7 Å². The van der Waals surface area contributed by atoms with Gasteiger partial charge in [0, 0.05) is 6.04 Å². The van der Waals surface area contributed by atoms with Crippen molar-refractivity contribution < 1.29 is 0 Å². The van der Waals surface area contributed by atoms with Crippen molar-refractivity contribution in [1.82, 2.24) is 25.1 Å². The van der Waals surface area contributed by atoms with E-state index in [2.05, 4.69) is 41.3 Å². The molecule has 0 amide bonds. The minimum atomic E-state index is 0.270. The summed E-state index contributed by atoms with van der Waals surface area (Å²) in [5.74, 6) is 1.51. The first-order valence-electron chi connectivity index (χ1n) is 6.78. The molecular formula is C12H24N6. The van der Waals surface area contributed by atoms with E-state index in [9.17, 15) is 0 Å². The molecule has 1 saturated carbocycles. The van der Waals surface area contributed by atoms with Crippen LogP contribution in [0.25, 0.3) is 0 Å². The molecule has 1 aliphatic carbocycles. The number of tetrazole rings is 1. The minimum absolute atomic E-state index is 0.270. The lowest BCUT2D eigenvalue weighted by Crippen LogP contribution is -2.32. The molecule has 2 rings (SSSR count). The number of nitrogens with two attached hydrogens (primary N) is 1. The standard InChI is InChI=1S/C12H24N6/c1-9(2)11(13)6-7-17(3)8-12-14-15-16-18(12)10-4-5-10/h9-11H,4-8,13H2,1-3H3. The van der Waals surface area contributed by atoms with Crippen molar-refractivity contribution in [3.8, 4) is 0 Å². The molecule has 6 heteroatoms. The van der Waals surface area contributed by atoms with Crippen molar-refractivity contribution in [3.63, 3.8) is 0 Å². The average Bonchev–Trinajstić information content (AvgIpc) is 3.07. The van der Waals surface area contributed by atoms with Crippen LogP contribution in [0.3, 0.4) is 0 Å². The van der Waals surface area contributed by atoms with Crippen LogP contribution < -0.4 is 5.73 Å². The van der Waals surface area contributed by atoms with E-state index in [1.54, 1.807) is 0 Å². The summed E-state index contributed by atoms with van der Waals surface area (Å²) in [4.78, 5) is 2.24. The highest BCUT2D eigenvalue weighted by Crippen LogP contribution is 2.34. The Kier molecular flexibility index (Phi) is 4.29. The van der Waals surface area contributed by atoms with Crippen molar-refractivity contribution in [2.45, 2.75) is 51.7 Å². The van der Waals surface area contributed by atoms with Crippen LogP contribution in [0.15, 0.2) is 0 Å². The Balaban J connectivity index is 1.79. The number of rotatable bonds is 7. The summed E-state index contributed by atoms with van der Waals surface area (Å²) in [6, 6.07) is 0.813. The summed E-state index contributed by atoms with van der Waals surface area (Å²) >= 11 is 0. The molecule has 0 radical (unpaired) electrons. The number of hydrogen-bond acceptors (Lipinski definition) is 5. The largest absolute Gasteiger partial charge is 0.327 e. The molecule has 1 aliphatic rings. The number of aromatic nitrogens is 4. The second kappa shape index (κ2) is 5.75. The second-order valence-corrected chi connectivity index (χ2v) is 5.71. The molecule has 6 nitrogen and oxygen atoms in total. The predicted octanol–water partition coefficient (Wildman–Crippen LogP) is 0.813. The Bertz CT molecular complexity index is 370. The molecule has 1 atom stereocenters. The summed E-state index contributed by atoms with van der Waals surface area (Å²) in [5, 5.41) is 11.9. The molecule has 1 heterocycles. The van der Waals surface area contributed by atoms with Crippen molar-refractivity contribution in [2.75, 3.05) is 13.6 Å². The monoisotopic (exact) mass is 252 g/mol. The molecule has 102 valence electrons. The maximum absolute atomic E-state index is 6.05. The van der Waals surface area contributed by atoms with Crippen LogP contribution in [0.5, 0.6) is 0 Å². The van der Waals surface area contributed by atoms with E-state index in [0.717, 1.165) is 25.3 Å². The molecule has 0 bridgehead atoms. The zero-order valence-electron chi connectivity index (χ0n) is 11.6. The van der Waals surface area contributed by atoms with Gasteiger partial charge in [-0.3, -0.25) is 4.90 Å². The zero-order valence-corrected chi connectivity index (χ0v) is 11.6. The summed E-state index contributed by atoms with van der Waals surface area (Å²) in [6.07, 6.45) is 3.43. The lowest BCUT2D eigenvalue weighted by molar-refractivity contribution is 0.284. The molecule has 0 aromatic carbocycles. The van der Waals surface area contributed by atoms with Crippen molar-refractivity contribution in [1.29, 1.82) is 0 Å². The van der Waals surface area contributed by atoms with Crippen LogP contribution in [-0.4, -0.2) is 44.7 Å². The molecule has 1 fully saturated rings. The molecule has 0 saturated heterocycles. The van der Waals surface area contributed by atoms with Gasteiger partial charge in [-0.15, -0.1) is 5.10 Å². The van der Waals surface area contributed by atoms with Gasteiger partial charge < -0.3 is 5.73 Å². The maximum atomic E-state index is 6.05. The van der Waals surface area contributed by atoms with E-state index in [1.807, 2.05) is 4.68 Å². The van der Waals surface area contributed by atoms with E-state index >= 15 is 0 Å². The lowest BCUT2D eigenvalue weighted by atomic mass is 10.0. The number of nitrogens with zero attached hydrogens (tertiary/aromatic N) is 5. The van der Waals surface area contributed by atoms with Gasteiger partial charge in [-0.2, -0.15) is 0 Å². The molecule has 1 aromatic rings. The highest BCUT2D eigenvalue weighted by atomic mass is 15.6. The SMILES string of the molecule is CC(C)C(N)CCN(C)Cc1nnnn1C1CC1. The van der Waals surface area contributed by atoms with Gasteiger partial charge in [0.2, 0.25) is 0 Å². The Hall–Kier alpha value is -1.01. The van der Waals surface area contributed by atoms with Crippen LogP contribution in [0.1, 0.15) is 45.0 Å². The van der Waals surface area contributed by atoms with Crippen LogP contribution >= 0.6 is 0 Å². The normalized spacial score (nSPS) is 17.7. The van der Waals surface area contributed by atoms with Crippen molar-refractivity contribution >= 4 is 0 Å². The van der Waals surface area contributed by atoms with Gasteiger partial charge in [0.1, 0.15) is 0 Å². The van der Waals surface area contributed by atoms with E-state index in [0.29, 0.717) is 12.0 Å². The van der Waals surface area contributed by atoms with Gasteiger partial charge in [0.15, 0.2) is 5.82 Å². The fourth-order valence-electron chi connectivity index (χ4n) is 1.94. The molecule has 1 unspecified atom stereocenters. The molecule has 18 heavy (non-hydrogen) atoms. The van der Waals surface area contributed by atoms with Crippen molar-refractivity contribution in [3.05, 3.63) is 5.82 Å². The first-order chi connectivity index (χ1) is 8.58. The van der Waals surface area contributed by atoms with Gasteiger partial charge in [0.05, 0.1) is 12.6 Å². The first-order valence-corrected chi connectivity index (χ1v) is 6.78. The molecule has 1 aromatic heterocycles. The maximum Gasteiger partial charge on any atom is 0.165 e. The molecular weight excluding hydrogens is 228 g/mol. The fourth-order valence-corrected chi connectivity index (χ4v) is 1.94. The number of hydrogen-bond donors (Lipinski definition) is 1. The highest BCUT2D eigenvalue weighted by Gasteiger charge is 2.27. The van der Waals surface area contributed by atoms with E-state index in [1.165, 1.54) is 12.8 Å². The van der Waals surface area contributed by atoms with Crippen LogP contribution in [0.2, 0.25) is 0 Å². The summed E-state index contributed by atoms with van der Waals surface area (Å²) in [6.45, 7) is 6.11. The van der Waals surface area contributed by atoms with E-state index in [4.69, 9.17) is 5.73 Å². The topological polar surface area (TPSA) is 72.9 Å². The first kappa shape index (κ1) is 13.4. The van der Waals surface area contributed by atoms with Crippen LogP contribution in [0.4, 0.5) is 0 Å². The Labute approximate surface area is 109 Å². The Morgan fingerprint density at radius 3 is 2.78 bits per heavy atom. The molecule has 0 aliphatic heterocycles. The van der Waals surface area contributed by atoms with Gasteiger partial charge in [-0.05, 0) is 49.2 Å². The Morgan fingerprint density at radius 2 is 2.17 bits per heavy atom. The lowest BCUT2D eigenvalue weighted by Gasteiger charge is -2.20. The summed E-state index contributed by atoms with van der Waals surface area (Å²) in [5.41, 5.74) is 6.05. The van der Waals surface area contributed by atoms with E-state index in [-0.39, 0.29) is 6.04 Å². The molecule has 2 N–H and O–H groups in total. The van der Waals surface area contributed by atoms with Gasteiger partial charge in [0.25, 0.3) is 0 Å². The minimum Gasteiger partial charge on any atom is -0.327 e. The van der Waals surface area contributed by atoms with Gasteiger partial charge in [-0.25, -0.2) is 4.68 Å². The predicted molar refractivity (Wildman–Crippen MR) is 69.9 cm³/mol. The third-order valence-electron chi connectivity index (χ3n) is 3.57. The van der Waals surface area contributed by atoms with Crippen LogP contribution in [-0.2, 0) is 6.54 Å². The van der Waals surface area contributed by atoms with Crippen LogP contribution in [0, 0.1) is 5.92 Å². The average molecular weight is 252 g/mol. The zero-order chi connectivity index (χ0) is 13.1. The summed E-state index contributed by atoms with van der Waals surface area (Å²) in [7, 11) is 2.10. The fraction of sp³-hybridized carbons (Fsp3) is 0.917. The third kappa shape index (κ3) is 3.49. The third-order valence-corrected chi connectivity index (χ3v) is 3.57. The van der Waals surface area contributed by atoms with Gasteiger partial charge in [-0.1, -0.05) is 13.8 Å². The second-order valence-electron chi connectivity index (χ2n) is 5.71. The quantitative estimate of drug-likeness (QED) is 0.777. The Morgan fingerprint density at radius 1 is 1.44 bits per heavy atom.